The van der Waals surface area contributed by atoms with Crippen molar-refractivity contribution in [2.75, 3.05) is 0 Å². The van der Waals surface area contributed by atoms with Gasteiger partial charge in [-0.1, -0.05) is 18.2 Å². The lowest BCUT2D eigenvalue weighted by Crippen LogP contribution is -2.08. The quantitative estimate of drug-likeness (QED) is 0.211. The molecule has 0 aliphatic heterocycles. The van der Waals surface area contributed by atoms with Crippen LogP contribution < -0.4 is 0 Å². The fraction of sp³-hybridized carbons (Fsp3) is 0.118. The van der Waals surface area contributed by atoms with E-state index in [2.05, 4.69) is 10.2 Å². The first-order valence-corrected chi connectivity index (χ1v) is 7.24. The van der Waals surface area contributed by atoms with Crippen molar-refractivity contribution in [1.82, 2.24) is 0 Å². The molecule has 2 rings (SSSR count). The smallest absolute Gasteiger partial charge is 0.362 e. The van der Waals surface area contributed by atoms with Gasteiger partial charge in [-0.25, -0.2) is 4.79 Å². The molecule has 25 heavy (non-hydrogen) atoms. The second-order valence-corrected chi connectivity index (χ2v) is 4.97. The van der Waals surface area contributed by atoms with E-state index in [-0.39, 0.29) is 23.8 Å². The minimum Gasteiger partial charge on any atom is -0.510 e. The normalized spacial score (nSPS) is 11.9. The molecule has 0 atom stereocenters. The average Bonchev–Trinajstić information content (AvgIpc) is 2.61. The van der Waals surface area contributed by atoms with E-state index in [1.165, 1.54) is 31.2 Å². The summed E-state index contributed by atoms with van der Waals surface area (Å²) in [6.07, 6.45) is 0. The molecule has 0 fully saturated rings. The zero-order chi connectivity index (χ0) is 18.2. The van der Waals surface area contributed by atoms with Gasteiger partial charge in [0.2, 0.25) is 5.70 Å². The van der Waals surface area contributed by atoms with Gasteiger partial charge in [0.05, 0.1) is 10.6 Å². The van der Waals surface area contributed by atoms with Gasteiger partial charge in [0.15, 0.2) is 0 Å². The number of nitrogens with zero attached hydrogens (tertiary/aromatic N) is 3. The Labute approximate surface area is 143 Å². The van der Waals surface area contributed by atoms with E-state index < -0.39 is 10.9 Å². The van der Waals surface area contributed by atoms with Crippen molar-refractivity contribution < 1.29 is 19.6 Å². The largest absolute Gasteiger partial charge is 0.510 e. The number of nitro benzene ring substituents is 1. The van der Waals surface area contributed by atoms with Gasteiger partial charge in [0.1, 0.15) is 12.4 Å². The van der Waals surface area contributed by atoms with Crippen LogP contribution in [0.2, 0.25) is 0 Å². The van der Waals surface area contributed by atoms with Gasteiger partial charge < -0.3 is 9.84 Å². The number of esters is 1. The first kappa shape index (κ1) is 17.8. The number of aliphatic hydroxyl groups is 1. The molecule has 0 spiro atoms. The maximum absolute atomic E-state index is 12.1. The number of carbonyl (C=O) groups excluding carboxylic acids is 1. The molecule has 0 heterocycles. The molecule has 0 saturated heterocycles. The Morgan fingerprint density at radius 1 is 1.16 bits per heavy atom. The highest BCUT2D eigenvalue weighted by molar-refractivity contribution is 5.88. The Morgan fingerprint density at radius 3 is 2.36 bits per heavy atom. The summed E-state index contributed by atoms with van der Waals surface area (Å²) < 4.78 is 5.06. The average molecular weight is 341 g/mol. The number of aliphatic hydroxyl groups excluding tert-OH is 1. The maximum atomic E-state index is 12.1. The van der Waals surface area contributed by atoms with Gasteiger partial charge in [0.25, 0.3) is 5.69 Å². The summed E-state index contributed by atoms with van der Waals surface area (Å²) in [7, 11) is 0. The van der Waals surface area contributed by atoms with Gasteiger partial charge >= 0.3 is 5.97 Å². The third-order valence-electron chi connectivity index (χ3n) is 3.07. The fourth-order valence-corrected chi connectivity index (χ4v) is 1.79. The SMILES string of the molecule is CC(O)=C(N=Nc1ccccc1)C(=O)OCc1ccc([N+](=O)[O-])cc1. The Hall–Kier alpha value is -3.55. The monoisotopic (exact) mass is 341 g/mol. The van der Waals surface area contributed by atoms with Crippen LogP contribution in [0.15, 0.2) is 76.3 Å². The highest BCUT2D eigenvalue weighted by Crippen LogP contribution is 2.16. The minimum absolute atomic E-state index is 0.0569. The van der Waals surface area contributed by atoms with Gasteiger partial charge in [-0.3, -0.25) is 10.1 Å². The molecule has 0 bridgehead atoms. The number of hydrogen-bond donors (Lipinski definition) is 1. The van der Waals surface area contributed by atoms with Crippen LogP contribution in [-0.2, 0) is 16.1 Å². The predicted molar refractivity (Wildman–Crippen MR) is 89.2 cm³/mol. The summed E-state index contributed by atoms with van der Waals surface area (Å²) in [5, 5.41) is 27.8. The molecule has 0 unspecified atom stereocenters. The standard InChI is InChI=1S/C17H15N3O5/c1-12(21)16(19-18-14-5-3-2-4-6-14)17(22)25-11-13-7-9-15(10-8-13)20(23)24/h2-10,21H,11H2,1H3. The van der Waals surface area contributed by atoms with E-state index in [4.69, 9.17) is 4.74 Å². The van der Waals surface area contributed by atoms with Crippen molar-refractivity contribution in [3.63, 3.8) is 0 Å². The lowest BCUT2D eigenvalue weighted by atomic mass is 10.2. The Balaban J connectivity index is 2.02. The van der Waals surface area contributed by atoms with Crippen molar-refractivity contribution in [2.24, 2.45) is 10.2 Å². The fourth-order valence-electron chi connectivity index (χ4n) is 1.79. The van der Waals surface area contributed by atoms with E-state index in [0.29, 0.717) is 11.3 Å². The molecule has 2 aromatic carbocycles. The second kappa shape index (κ2) is 8.34. The molecule has 1 N–H and O–H groups in total. The van der Waals surface area contributed by atoms with E-state index in [9.17, 15) is 20.0 Å². The number of nitro groups is 1. The number of non-ortho nitro benzene ring substituents is 1. The zero-order valence-corrected chi connectivity index (χ0v) is 13.3. The van der Waals surface area contributed by atoms with Gasteiger partial charge in [0, 0.05) is 12.1 Å². The number of ether oxygens (including phenoxy) is 1. The first-order valence-electron chi connectivity index (χ1n) is 7.24. The molecule has 0 radical (unpaired) electrons. The van der Waals surface area contributed by atoms with Crippen LogP contribution >= 0.6 is 0 Å². The van der Waals surface area contributed by atoms with Gasteiger partial charge in [-0.2, -0.15) is 5.11 Å². The van der Waals surface area contributed by atoms with Crippen molar-refractivity contribution in [3.8, 4) is 0 Å². The number of allylic oxidation sites excluding steroid dienone is 1. The molecule has 2 aromatic rings. The lowest BCUT2D eigenvalue weighted by Gasteiger charge is -2.05. The molecular formula is C17H15N3O5. The highest BCUT2D eigenvalue weighted by atomic mass is 16.6. The molecule has 128 valence electrons. The second-order valence-electron chi connectivity index (χ2n) is 4.97. The molecule has 0 aliphatic carbocycles. The number of hydrogen-bond acceptors (Lipinski definition) is 7. The number of azo groups is 1. The number of benzene rings is 2. The van der Waals surface area contributed by atoms with E-state index in [1.807, 2.05) is 6.07 Å². The lowest BCUT2D eigenvalue weighted by molar-refractivity contribution is -0.384. The summed E-state index contributed by atoms with van der Waals surface area (Å²) in [5.74, 6) is -1.17. The molecule has 0 aliphatic rings. The summed E-state index contributed by atoms with van der Waals surface area (Å²) in [4.78, 5) is 22.1. The summed E-state index contributed by atoms with van der Waals surface area (Å²) >= 11 is 0. The van der Waals surface area contributed by atoms with Crippen LogP contribution in [0.1, 0.15) is 12.5 Å². The van der Waals surface area contributed by atoms with Crippen molar-refractivity contribution in [1.29, 1.82) is 0 Å². The maximum Gasteiger partial charge on any atom is 0.362 e. The third-order valence-corrected chi connectivity index (χ3v) is 3.07. The van der Waals surface area contributed by atoms with Crippen molar-refractivity contribution >= 4 is 17.3 Å². The van der Waals surface area contributed by atoms with Crippen molar-refractivity contribution in [2.45, 2.75) is 13.5 Å². The zero-order valence-electron chi connectivity index (χ0n) is 13.3. The molecular weight excluding hydrogens is 326 g/mol. The van der Waals surface area contributed by atoms with E-state index in [0.717, 1.165) is 0 Å². The highest BCUT2D eigenvalue weighted by Gasteiger charge is 2.15. The third kappa shape index (κ3) is 5.24. The summed E-state index contributed by atoms with van der Waals surface area (Å²) in [5.41, 5.74) is 0.711. The Morgan fingerprint density at radius 2 is 1.80 bits per heavy atom. The predicted octanol–water partition coefficient (Wildman–Crippen LogP) is 4.21. The Bertz CT molecular complexity index is 810. The van der Waals surface area contributed by atoms with Crippen LogP contribution in [0.4, 0.5) is 11.4 Å². The molecule has 0 aromatic heterocycles. The van der Waals surface area contributed by atoms with Gasteiger partial charge in [-0.05, 0) is 36.8 Å². The van der Waals surface area contributed by atoms with Crippen molar-refractivity contribution in [3.05, 3.63) is 81.7 Å². The first-order chi connectivity index (χ1) is 12.0. The van der Waals surface area contributed by atoms with Crippen LogP contribution in [-0.4, -0.2) is 16.0 Å². The molecule has 0 amide bonds. The number of rotatable bonds is 6. The van der Waals surface area contributed by atoms with Crippen LogP contribution in [0.3, 0.4) is 0 Å². The molecule has 8 heteroatoms. The molecule has 0 saturated carbocycles. The topological polar surface area (TPSA) is 114 Å². The number of carbonyl (C=O) groups is 1. The van der Waals surface area contributed by atoms with Gasteiger partial charge in [-0.15, -0.1) is 5.11 Å². The Kier molecular flexibility index (Phi) is 5.94. The molecule has 8 nitrogen and oxygen atoms in total. The van der Waals surface area contributed by atoms with E-state index in [1.54, 1.807) is 24.3 Å². The summed E-state index contributed by atoms with van der Waals surface area (Å²) in [6.45, 7) is 1.18. The van der Waals surface area contributed by atoms with E-state index >= 15 is 0 Å². The van der Waals surface area contributed by atoms with Crippen LogP contribution in [0, 0.1) is 10.1 Å². The summed E-state index contributed by atoms with van der Waals surface area (Å²) in [6, 6.07) is 14.3. The van der Waals surface area contributed by atoms with Crippen LogP contribution in [0.25, 0.3) is 0 Å². The van der Waals surface area contributed by atoms with Crippen LogP contribution in [0.5, 0.6) is 0 Å². The minimum atomic E-state index is -0.849.